The van der Waals surface area contributed by atoms with Gasteiger partial charge in [-0.1, -0.05) is 18.2 Å². The molecule has 5 aromatic rings. The summed E-state index contributed by atoms with van der Waals surface area (Å²) in [6.45, 7) is 2.52. The monoisotopic (exact) mass is 883 g/mol. The fourth-order valence-corrected chi connectivity index (χ4v) is 7.36. The second-order valence-corrected chi connectivity index (χ2v) is 15.5. The van der Waals surface area contributed by atoms with Crippen LogP contribution in [0.1, 0.15) is 81.0 Å². The van der Waals surface area contributed by atoms with Gasteiger partial charge >= 0.3 is 6.18 Å². The minimum atomic E-state index is -4.86. The highest BCUT2D eigenvalue weighted by molar-refractivity contribution is 6.25. The van der Waals surface area contributed by atoms with Crippen molar-refractivity contribution in [2.45, 2.75) is 57.2 Å². The van der Waals surface area contributed by atoms with Gasteiger partial charge in [-0.25, -0.2) is 14.6 Å². The van der Waals surface area contributed by atoms with Crippen LogP contribution >= 0.6 is 0 Å². The van der Waals surface area contributed by atoms with Gasteiger partial charge in [-0.3, -0.25) is 34.2 Å². The molecule has 2 aliphatic heterocycles. The van der Waals surface area contributed by atoms with Gasteiger partial charge in [-0.15, -0.1) is 0 Å². The number of fused-ring (bicyclic) bond motifs is 1. The molecule has 20 heteroatoms. The lowest BCUT2D eigenvalue weighted by atomic mass is 10.0. The number of anilines is 3. The van der Waals surface area contributed by atoms with Crippen LogP contribution in [-0.2, 0) is 31.7 Å². The van der Waals surface area contributed by atoms with Gasteiger partial charge in [0.15, 0.2) is 11.4 Å². The molecule has 3 aromatic heterocycles. The number of ether oxygens (including phenoxy) is 2. The maximum atomic E-state index is 14.1. The molecule has 17 nitrogen and oxygen atoms in total. The van der Waals surface area contributed by atoms with Crippen molar-refractivity contribution in [1.82, 2.24) is 30.0 Å². The molecule has 5 amide bonds. The molecule has 3 aliphatic rings. The minimum absolute atomic E-state index is 0.0351. The van der Waals surface area contributed by atoms with Crippen molar-refractivity contribution in [2.24, 2.45) is 5.92 Å². The number of carbonyl (C=O) groups is 5. The average Bonchev–Trinajstić information content (AvgIpc) is 3.67. The fourth-order valence-electron chi connectivity index (χ4n) is 7.36. The van der Waals surface area contributed by atoms with E-state index in [0.717, 1.165) is 40.6 Å². The van der Waals surface area contributed by atoms with Crippen LogP contribution in [0.15, 0.2) is 77.7 Å². The number of unbranched alkanes of at least 4 members (excludes halogenated alkanes) is 1. The van der Waals surface area contributed by atoms with Crippen LogP contribution in [0.25, 0.3) is 17.1 Å². The number of piperidine rings is 1. The number of amides is 5. The number of pyridine rings is 1. The Bertz CT molecular complexity index is 2550. The molecule has 2 aromatic carbocycles. The highest BCUT2D eigenvalue weighted by atomic mass is 19.4. The van der Waals surface area contributed by atoms with Crippen LogP contribution in [-0.4, -0.2) is 99.7 Å². The van der Waals surface area contributed by atoms with E-state index in [9.17, 15) is 37.1 Å². The van der Waals surface area contributed by atoms with E-state index in [1.807, 2.05) is 6.07 Å². The second-order valence-electron chi connectivity index (χ2n) is 15.5. The number of aromatic nitrogens is 4. The number of nitrogens with one attached hydrogen (secondary N) is 4. The molecule has 2 fully saturated rings. The lowest BCUT2D eigenvalue weighted by molar-refractivity contribution is -0.140. The summed E-state index contributed by atoms with van der Waals surface area (Å²) in [6, 6.07) is 14.1. The SMILES string of the molecule is O=C1CCC(N2C(=O)c3cccc(NCCOCCOCCCCc4cccc(-n5cc(NC(=O)c6coc(-c7ccnc(NCC8CC8)c7)n6)c(C(F)(F)F)n5)c4)c3C2=O)C(=O)N1. The number of hydrogen-bond acceptors (Lipinski definition) is 13. The third-order valence-electron chi connectivity index (χ3n) is 10.8. The van der Waals surface area contributed by atoms with Crippen molar-refractivity contribution in [3.05, 3.63) is 101 Å². The molecule has 1 saturated carbocycles. The number of nitrogens with zero attached hydrogens (tertiary/aromatic N) is 5. The zero-order valence-electron chi connectivity index (χ0n) is 34.4. The standard InChI is InChI=1S/C44H44F3N9O8/c45-44(46,47)38-32(51-39(58)33-25-64-41(52-33)28-14-15-49-35(22-28)50-23-27-10-11-27)24-55(54-38)29-7-3-6-26(21-29)5-1-2-17-62-19-20-63-18-16-48-31-9-4-8-30-37(31)43(61)56(42(30)60)34-12-13-36(57)53-40(34)59/h3-4,6-9,14-15,21-22,24-25,27,34,48H,1-2,5,10-13,16-20,23H2,(H,49,50)(H,51,58)(H,53,57,59). The maximum Gasteiger partial charge on any atom is 0.437 e. The molecule has 0 bridgehead atoms. The quantitative estimate of drug-likeness (QED) is 0.0532. The highest BCUT2D eigenvalue weighted by Gasteiger charge is 2.45. The Morgan fingerprint density at radius 3 is 2.52 bits per heavy atom. The molecule has 0 radical (unpaired) electrons. The van der Waals surface area contributed by atoms with Gasteiger partial charge in [0.05, 0.1) is 48.5 Å². The normalized spacial score (nSPS) is 16.2. The summed E-state index contributed by atoms with van der Waals surface area (Å²) in [4.78, 5) is 72.8. The lowest BCUT2D eigenvalue weighted by Gasteiger charge is -2.27. The number of benzene rings is 2. The van der Waals surface area contributed by atoms with Crippen LogP contribution in [0.3, 0.4) is 0 Å². The van der Waals surface area contributed by atoms with E-state index < -0.39 is 53.1 Å². The first-order valence-electron chi connectivity index (χ1n) is 20.9. The van der Waals surface area contributed by atoms with Crippen molar-refractivity contribution in [3.63, 3.8) is 0 Å². The van der Waals surface area contributed by atoms with Crippen molar-refractivity contribution < 1.29 is 51.0 Å². The Kier molecular flexibility index (Phi) is 13.1. The molecule has 64 heavy (non-hydrogen) atoms. The van der Waals surface area contributed by atoms with E-state index in [0.29, 0.717) is 67.9 Å². The number of hydrogen-bond donors (Lipinski definition) is 4. The summed E-state index contributed by atoms with van der Waals surface area (Å²) in [6.07, 6.45) is 3.44. The first-order valence-corrected chi connectivity index (χ1v) is 20.9. The van der Waals surface area contributed by atoms with Crippen molar-refractivity contribution in [2.75, 3.05) is 55.5 Å². The minimum Gasteiger partial charge on any atom is -0.444 e. The largest absolute Gasteiger partial charge is 0.444 e. The molecule has 1 unspecified atom stereocenters. The average molecular weight is 884 g/mol. The van der Waals surface area contributed by atoms with E-state index in [1.165, 1.54) is 18.9 Å². The number of halogens is 3. The summed E-state index contributed by atoms with van der Waals surface area (Å²) in [5.74, 6) is -1.83. The van der Waals surface area contributed by atoms with Crippen LogP contribution < -0.4 is 21.3 Å². The third-order valence-corrected chi connectivity index (χ3v) is 10.8. The van der Waals surface area contributed by atoms with Gasteiger partial charge in [0.25, 0.3) is 17.7 Å². The second kappa shape index (κ2) is 19.2. The van der Waals surface area contributed by atoms with Gasteiger partial charge in [0.2, 0.25) is 17.7 Å². The molecule has 5 heterocycles. The number of oxazole rings is 1. The lowest BCUT2D eigenvalue weighted by Crippen LogP contribution is -2.54. The summed E-state index contributed by atoms with van der Waals surface area (Å²) in [5, 5.41) is 14.6. The topological polar surface area (TPSA) is 212 Å². The van der Waals surface area contributed by atoms with E-state index in [-0.39, 0.29) is 42.2 Å². The zero-order chi connectivity index (χ0) is 44.8. The number of aryl methyl sites for hydroxylation is 1. The van der Waals surface area contributed by atoms with Crippen LogP contribution in [0.2, 0.25) is 0 Å². The molecule has 1 saturated heterocycles. The fraction of sp³-hybridized carbons (Fsp3) is 0.364. The van der Waals surface area contributed by atoms with Gasteiger partial charge in [-0.05, 0) is 86.4 Å². The van der Waals surface area contributed by atoms with Crippen molar-refractivity contribution in [3.8, 4) is 17.1 Å². The van der Waals surface area contributed by atoms with Crippen molar-refractivity contribution >= 4 is 46.7 Å². The summed E-state index contributed by atoms with van der Waals surface area (Å²) in [7, 11) is 0. The predicted octanol–water partition coefficient (Wildman–Crippen LogP) is 5.88. The summed E-state index contributed by atoms with van der Waals surface area (Å²) >= 11 is 0. The summed E-state index contributed by atoms with van der Waals surface area (Å²) in [5.41, 5.74) is 0.593. The first-order chi connectivity index (χ1) is 30.9. The Morgan fingerprint density at radius 1 is 0.906 bits per heavy atom. The Hall–Kier alpha value is -6.93. The van der Waals surface area contributed by atoms with Crippen LogP contribution in [0, 0.1) is 5.92 Å². The Balaban J connectivity index is 0.757. The van der Waals surface area contributed by atoms with Crippen LogP contribution in [0.5, 0.6) is 0 Å². The predicted molar refractivity (Wildman–Crippen MR) is 224 cm³/mol. The third kappa shape index (κ3) is 10.3. The number of carbonyl (C=O) groups excluding carboxylic acids is 5. The molecule has 4 N–H and O–H groups in total. The highest BCUT2D eigenvalue weighted by Crippen LogP contribution is 2.36. The number of alkyl halides is 3. The van der Waals surface area contributed by atoms with E-state index >= 15 is 0 Å². The Morgan fingerprint density at radius 2 is 1.72 bits per heavy atom. The number of imide groups is 2. The van der Waals surface area contributed by atoms with Crippen molar-refractivity contribution in [1.29, 1.82) is 0 Å². The van der Waals surface area contributed by atoms with Gasteiger partial charge < -0.3 is 29.8 Å². The first kappa shape index (κ1) is 43.7. The van der Waals surface area contributed by atoms with E-state index in [1.54, 1.807) is 48.7 Å². The number of rotatable bonds is 20. The zero-order valence-corrected chi connectivity index (χ0v) is 34.4. The van der Waals surface area contributed by atoms with Crippen LogP contribution in [0.4, 0.5) is 30.4 Å². The van der Waals surface area contributed by atoms with E-state index in [4.69, 9.17) is 13.9 Å². The smallest absolute Gasteiger partial charge is 0.437 e. The molecular formula is C44H44F3N9O8. The van der Waals surface area contributed by atoms with Gasteiger partial charge in [-0.2, -0.15) is 18.3 Å². The molecule has 1 atom stereocenters. The molecular weight excluding hydrogens is 840 g/mol. The van der Waals surface area contributed by atoms with Gasteiger partial charge in [0.1, 0.15) is 18.1 Å². The molecule has 1 aliphatic carbocycles. The van der Waals surface area contributed by atoms with Gasteiger partial charge in [0, 0.05) is 43.6 Å². The summed E-state index contributed by atoms with van der Waals surface area (Å²) < 4.78 is 60.3. The van der Waals surface area contributed by atoms with E-state index in [2.05, 4.69) is 36.3 Å². The Labute approximate surface area is 364 Å². The molecule has 8 rings (SSSR count). The molecule has 334 valence electrons. The maximum absolute atomic E-state index is 14.1. The molecule has 0 spiro atoms.